The SMILES string of the molecule is O=S(=O)(N=c1ccc2cn(O)ccc-2c1)c1c(Cl)nc2n1CCS2. The van der Waals surface area contributed by atoms with Gasteiger partial charge in [0.2, 0.25) is 0 Å². The number of thioether (sulfide) groups is 1. The van der Waals surface area contributed by atoms with Gasteiger partial charge in [0.1, 0.15) is 0 Å². The molecule has 0 bridgehead atoms. The molecule has 3 aliphatic rings. The Morgan fingerprint density at radius 1 is 1.29 bits per heavy atom. The predicted molar refractivity (Wildman–Crippen MR) is 88.9 cm³/mol. The third-order valence-electron chi connectivity index (χ3n) is 3.61. The van der Waals surface area contributed by atoms with E-state index in [0.717, 1.165) is 21.6 Å². The van der Waals surface area contributed by atoms with Crippen LogP contribution in [0.25, 0.3) is 11.1 Å². The topological polar surface area (TPSA) is 89.5 Å². The van der Waals surface area contributed by atoms with Gasteiger partial charge in [-0.05, 0) is 23.8 Å². The van der Waals surface area contributed by atoms with Gasteiger partial charge in [-0.25, -0.2) is 9.71 Å². The smallest absolute Gasteiger partial charge is 0.301 e. The first-order valence-electron chi connectivity index (χ1n) is 6.95. The highest BCUT2D eigenvalue weighted by Gasteiger charge is 2.29. The van der Waals surface area contributed by atoms with Crippen LogP contribution in [0.4, 0.5) is 0 Å². The number of halogens is 1. The van der Waals surface area contributed by atoms with Gasteiger partial charge in [-0.2, -0.15) is 12.8 Å². The summed E-state index contributed by atoms with van der Waals surface area (Å²) < 4.78 is 31.7. The summed E-state index contributed by atoms with van der Waals surface area (Å²) in [4.78, 5) is 4.08. The average molecular weight is 383 g/mol. The van der Waals surface area contributed by atoms with Gasteiger partial charge in [0, 0.05) is 24.1 Å². The predicted octanol–water partition coefficient (Wildman–Crippen LogP) is 2.08. The highest BCUT2D eigenvalue weighted by molar-refractivity contribution is 7.99. The number of hydrogen-bond acceptors (Lipinski definition) is 5. The van der Waals surface area contributed by atoms with Crippen molar-refractivity contribution in [2.24, 2.45) is 4.40 Å². The molecule has 2 aliphatic heterocycles. The molecule has 0 unspecified atom stereocenters. The fourth-order valence-corrected chi connectivity index (χ4v) is 5.30. The first-order chi connectivity index (χ1) is 11.4. The molecule has 0 fully saturated rings. The molecule has 0 saturated carbocycles. The first-order valence-corrected chi connectivity index (χ1v) is 9.75. The summed E-state index contributed by atoms with van der Waals surface area (Å²) >= 11 is 7.47. The second kappa shape index (κ2) is 5.54. The first kappa shape index (κ1) is 15.6. The van der Waals surface area contributed by atoms with Crippen LogP contribution >= 0.6 is 23.4 Å². The van der Waals surface area contributed by atoms with Crippen LogP contribution in [0, 0.1) is 0 Å². The highest BCUT2D eigenvalue weighted by atomic mass is 35.5. The Hall–Kier alpha value is -1.97. The van der Waals surface area contributed by atoms with E-state index >= 15 is 0 Å². The summed E-state index contributed by atoms with van der Waals surface area (Å²) in [6, 6.07) is 6.57. The molecule has 1 aromatic rings. The van der Waals surface area contributed by atoms with Gasteiger partial charge < -0.3 is 9.77 Å². The lowest BCUT2D eigenvalue weighted by Gasteiger charge is -2.06. The Labute approximate surface area is 146 Å². The Balaban J connectivity index is 1.86. The molecule has 3 heterocycles. The number of imidazole rings is 1. The molecule has 4 rings (SSSR count). The largest absolute Gasteiger partial charge is 0.429 e. The van der Waals surface area contributed by atoms with Crippen molar-refractivity contribution in [3.05, 3.63) is 47.2 Å². The Morgan fingerprint density at radius 3 is 2.96 bits per heavy atom. The second-order valence-electron chi connectivity index (χ2n) is 5.19. The van der Waals surface area contributed by atoms with Crippen LogP contribution in [-0.2, 0) is 16.6 Å². The van der Waals surface area contributed by atoms with Gasteiger partial charge in [-0.15, -0.1) is 0 Å². The maximum absolute atomic E-state index is 12.7. The molecule has 0 aromatic carbocycles. The Kier molecular flexibility index (Phi) is 3.59. The van der Waals surface area contributed by atoms with Crippen molar-refractivity contribution in [1.29, 1.82) is 0 Å². The van der Waals surface area contributed by atoms with Crippen LogP contribution in [0.15, 0.2) is 51.2 Å². The maximum atomic E-state index is 12.7. The standard InChI is InChI=1S/C14H11ClN4O3S2/c15-12-13(19-5-6-23-14(19)16-12)24(21,22)17-11-2-1-10-8-18(20)4-3-9(10)7-11/h1-4,7-8,20H,5-6H2. The van der Waals surface area contributed by atoms with E-state index in [9.17, 15) is 13.6 Å². The van der Waals surface area contributed by atoms with E-state index in [1.165, 1.54) is 24.2 Å². The lowest BCUT2D eigenvalue weighted by atomic mass is 10.1. The van der Waals surface area contributed by atoms with Gasteiger partial charge >= 0.3 is 10.0 Å². The number of rotatable bonds is 2. The summed E-state index contributed by atoms with van der Waals surface area (Å²) in [5.41, 5.74) is 1.52. The van der Waals surface area contributed by atoms with Crippen molar-refractivity contribution in [2.75, 3.05) is 5.75 Å². The van der Waals surface area contributed by atoms with E-state index < -0.39 is 10.0 Å². The number of aromatic nitrogens is 3. The van der Waals surface area contributed by atoms with Crippen molar-refractivity contribution in [1.82, 2.24) is 14.3 Å². The van der Waals surface area contributed by atoms with Crippen molar-refractivity contribution in [3.63, 3.8) is 0 Å². The molecule has 0 spiro atoms. The lowest BCUT2D eigenvalue weighted by Crippen LogP contribution is -2.12. The zero-order valence-corrected chi connectivity index (χ0v) is 14.5. The number of fused-ring (bicyclic) bond motifs is 2. The maximum Gasteiger partial charge on any atom is 0.301 e. The van der Waals surface area contributed by atoms with Crippen molar-refractivity contribution >= 4 is 33.4 Å². The fraction of sp³-hybridized carbons (Fsp3) is 0.143. The summed E-state index contributed by atoms with van der Waals surface area (Å²) in [6.07, 6.45) is 2.98. The van der Waals surface area contributed by atoms with E-state index in [1.54, 1.807) is 28.8 Å². The van der Waals surface area contributed by atoms with Crippen molar-refractivity contribution < 1.29 is 13.6 Å². The molecule has 1 N–H and O–H groups in total. The Bertz CT molecular complexity index is 1090. The fourth-order valence-electron chi connectivity index (χ4n) is 2.58. The molecular weight excluding hydrogens is 372 g/mol. The van der Waals surface area contributed by atoms with Crippen LogP contribution < -0.4 is 5.36 Å². The Morgan fingerprint density at radius 2 is 2.12 bits per heavy atom. The quantitative estimate of drug-likeness (QED) is 0.685. The van der Waals surface area contributed by atoms with E-state index in [4.69, 9.17) is 11.6 Å². The van der Waals surface area contributed by atoms with Gasteiger partial charge in [-0.3, -0.25) is 0 Å². The molecule has 0 saturated heterocycles. The minimum absolute atomic E-state index is 0.0527. The van der Waals surface area contributed by atoms with Crippen LogP contribution in [0.1, 0.15) is 0 Å². The van der Waals surface area contributed by atoms with Gasteiger partial charge in [0.05, 0.1) is 11.6 Å². The second-order valence-corrected chi connectivity index (χ2v) is 8.13. The van der Waals surface area contributed by atoms with Crippen molar-refractivity contribution in [2.45, 2.75) is 16.7 Å². The van der Waals surface area contributed by atoms with E-state index in [-0.39, 0.29) is 15.5 Å². The average Bonchev–Trinajstić information content (AvgIpc) is 3.06. The third kappa shape index (κ3) is 2.58. The van der Waals surface area contributed by atoms with E-state index in [1.807, 2.05) is 0 Å². The molecule has 10 heteroatoms. The zero-order chi connectivity index (χ0) is 16.9. The van der Waals surface area contributed by atoms with E-state index in [2.05, 4.69) is 9.38 Å². The van der Waals surface area contributed by atoms with Gasteiger partial charge in [0.15, 0.2) is 15.3 Å². The molecule has 0 amide bonds. The number of hydrogen-bond donors (Lipinski definition) is 1. The highest BCUT2D eigenvalue weighted by Crippen LogP contribution is 2.33. The van der Waals surface area contributed by atoms with Gasteiger partial charge in [-0.1, -0.05) is 29.4 Å². The summed E-state index contributed by atoms with van der Waals surface area (Å²) in [5, 5.41) is 10.2. The molecule has 0 atom stereocenters. The zero-order valence-electron chi connectivity index (χ0n) is 12.1. The molecule has 1 aromatic heterocycles. The molecular formula is C14H11ClN4O3S2. The van der Waals surface area contributed by atoms with Crippen LogP contribution in [-0.4, -0.2) is 33.7 Å². The number of nitrogens with zero attached hydrogens (tertiary/aromatic N) is 4. The van der Waals surface area contributed by atoms with Crippen molar-refractivity contribution in [3.8, 4) is 11.1 Å². The van der Waals surface area contributed by atoms with Crippen LogP contribution in [0.3, 0.4) is 0 Å². The third-order valence-corrected chi connectivity index (χ3v) is 6.30. The monoisotopic (exact) mass is 382 g/mol. The number of sulfonamides is 1. The summed E-state index contributed by atoms with van der Waals surface area (Å²) in [7, 11) is -3.98. The normalized spacial score (nSPS) is 15.1. The number of pyridine rings is 1. The minimum Gasteiger partial charge on any atom is -0.429 e. The van der Waals surface area contributed by atoms with Crippen LogP contribution in [0.2, 0.25) is 5.15 Å². The molecule has 1 aliphatic carbocycles. The molecule has 24 heavy (non-hydrogen) atoms. The lowest BCUT2D eigenvalue weighted by molar-refractivity contribution is 0.185. The number of benzene rings is 1. The molecule has 0 radical (unpaired) electrons. The summed E-state index contributed by atoms with van der Waals surface area (Å²) in [6.45, 7) is 0.540. The summed E-state index contributed by atoms with van der Waals surface area (Å²) in [5.74, 6) is 0.763. The molecule has 124 valence electrons. The van der Waals surface area contributed by atoms with Gasteiger partial charge in [0.25, 0.3) is 0 Å². The minimum atomic E-state index is -3.98. The van der Waals surface area contributed by atoms with E-state index in [0.29, 0.717) is 11.7 Å². The van der Waals surface area contributed by atoms with Crippen LogP contribution in [0.5, 0.6) is 0 Å². The molecule has 7 nitrogen and oxygen atoms in total.